The van der Waals surface area contributed by atoms with E-state index in [-0.39, 0.29) is 6.54 Å². The van der Waals surface area contributed by atoms with Crippen LogP contribution < -0.4 is 5.32 Å². The van der Waals surface area contributed by atoms with E-state index >= 15 is 0 Å². The van der Waals surface area contributed by atoms with Crippen LogP contribution in [0.25, 0.3) is 0 Å². The number of hydrogen-bond donors (Lipinski definition) is 1. The Morgan fingerprint density at radius 3 is 2.38 bits per heavy atom. The van der Waals surface area contributed by atoms with E-state index in [0.29, 0.717) is 19.3 Å². The number of nitrogens with one attached hydrogen (secondary N) is 1. The van der Waals surface area contributed by atoms with Crippen molar-refractivity contribution in [1.29, 1.82) is 0 Å². The van der Waals surface area contributed by atoms with Gasteiger partial charge in [-0.25, -0.2) is 0 Å². The molecule has 0 aromatic carbocycles. The molecule has 0 aromatic rings. The highest BCUT2D eigenvalue weighted by Gasteiger charge is 2.25. The van der Waals surface area contributed by atoms with Crippen molar-refractivity contribution in [3.8, 4) is 0 Å². The summed E-state index contributed by atoms with van der Waals surface area (Å²) < 4.78 is 40.9. The minimum absolute atomic E-state index is 0.0163. The largest absolute Gasteiger partial charge is 0.390 e. The summed E-state index contributed by atoms with van der Waals surface area (Å²) >= 11 is 0. The molecular formula is C11H20F3NO. The molecule has 0 spiro atoms. The average Bonchev–Trinajstić information content (AvgIpc) is 2.23. The predicted octanol–water partition coefficient (Wildman–Crippen LogP) is 2.88. The van der Waals surface area contributed by atoms with Gasteiger partial charge in [-0.1, -0.05) is 19.3 Å². The molecule has 16 heavy (non-hydrogen) atoms. The second kappa shape index (κ2) is 7.12. The molecular weight excluding hydrogens is 219 g/mol. The number of alkyl halides is 3. The Balaban J connectivity index is 1.87. The van der Waals surface area contributed by atoms with E-state index in [1.165, 1.54) is 19.3 Å². The van der Waals surface area contributed by atoms with Gasteiger partial charge in [-0.2, -0.15) is 13.2 Å². The Bertz CT molecular complexity index is 179. The summed E-state index contributed by atoms with van der Waals surface area (Å²) in [5.74, 6) is 0. The van der Waals surface area contributed by atoms with Crippen molar-refractivity contribution < 1.29 is 17.9 Å². The highest BCUT2D eigenvalue weighted by molar-refractivity contribution is 4.65. The first-order valence-electron chi connectivity index (χ1n) is 5.97. The SMILES string of the molecule is FC(F)(F)CCNCCOC1CCCCC1. The van der Waals surface area contributed by atoms with Gasteiger partial charge in [0.1, 0.15) is 0 Å². The molecule has 0 unspecified atom stereocenters. The highest BCUT2D eigenvalue weighted by Crippen LogP contribution is 2.20. The topological polar surface area (TPSA) is 21.3 Å². The van der Waals surface area contributed by atoms with Crippen LogP contribution in [0.2, 0.25) is 0 Å². The Kier molecular flexibility index (Phi) is 6.13. The molecule has 0 radical (unpaired) electrons. The van der Waals surface area contributed by atoms with Crippen LogP contribution in [-0.2, 0) is 4.74 Å². The minimum atomic E-state index is -4.06. The maximum Gasteiger partial charge on any atom is 0.390 e. The van der Waals surface area contributed by atoms with Gasteiger partial charge in [0, 0.05) is 13.1 Å². The Labute approximate surface area is 94.5 Å². The molecule has 96 valence electrons. The number of ether oxygens (including phenoxy) is 1. The average molecular weight is 239 g/mol. The van der Waals surface area contributed by atoms with E-state index < -0.39 is 12.6 Å². The summed E-state index contributed by atoms with van der Waals surface area (Å²) in [6.45, 7) is 1.01. The van der Waals surface area contributed by atoms with Gasteiger partial charge >= 0.3 is 6.18 Å². The summed E-state index contributed by atoms with van der Waals surface area (Å²) in [5.41, 5.74) is 0. The molecule has 1 rings (SSSR count). The monoisotopic (exact) mass is 239 g/mol. The first kappa shape index (κ1) is 13.8. The van der Waals surface area contributed by atoms with Gasteiger partial charge in [0.2, 0.25) is 0 Å². The Hall–Kier alpha value is -0.290. The van der Waals surface area contributed by atoms with Crippen LogP contribution in [-0.4, -0.2) is 32.0 Å². The van der Waals surface area contributed by atoms with Crippen LogP contribution in [0.1, 0.15) is 38.5 Å². The molecule has 1 aliphatic rings. The quantitative estimate of drug-likeness (QED) is 0.720. The van der Waals surface area contributed by atoms with E-state index in [9.17, 15) is 13.2 Å². The lowest BCUT2D eigenvalue weighted by Gasteiger charge is -2.22. The Morgan fingerprint density at radius 2 is 1.75 bits per heavy atom. The third kappa shape index (κ3) is 7.06. The molecule has 1 fully saturated rings. The van der Waals surface area contributed by atoms with Crippen molar-refractivity contribution in [3.05, 3.63) is 0 Å². The predicted molar refractivity (Wildman–Crippen MR) is 56.4 cm³/mol. The summed E-state index contributed by atoms with van der Waals surface area (Å²) in [4.78, 5) is 0. The van der Waals surface area contributed by atoms with Crippen molar-refractivity contribution in [2.75, 3.05) is 19.7 Å². The molecule has 0 bridgehead atoms. The first-order chi connectivity index (χ1) is 7.58. The van der Waals surface area contributed by atoms with E-state index in [4.69, 9.17) is 4.74 Å². The fraction of sp³-hybridized carbons (Fsp3) is 1.00. The molecule has 0 amide bonds. The molecule has 0 saturated heterocycles. The van der Waals surface area contributed by atoms with Crippen LogP contribution in [0.3, 0.4) is 0 Å². The molecule has 1 N–H and O–H groups in total. The van der Waals surface area contributed by atoms with Crippen molar-refractivity contribution in [2.45, 2.75) is 50.8 Å². The lowest BCUT2D eigenvalue weighted by molar-refractivity contribution is -0.133. The van der Waals surface area contributed by atoms with Gasteiger partial charge in [0.15, 0.2) is 0 Å². The van der Waals surface area contributed by atoms with Gasteiger partial charge in [-0.05, 0) is 12.8 Å². The second-order valence-electron chi connectivity index (χ2n) is 4.25. The molecule has 1 saturated carbocycles. The maximum atomic E-state index is 11.8. The molecule has 2 nitrogen and oxygen atoms in total. The fourth-order valence-corrected chi connectivity index (χ4v) is 1.88. The molecule has 0 heterocycles. The van der Waals surface area contributed by atoms with Gasteiger partial charge in [0.25, 0.3) is 0 Å². The van der Waals surface area contributed by atoms with E-state index in [1.54, 1.807) is 0 Å². The second-order valence-corrected chi connectivity index (χ2v) is 4.25. The van der Waals surface area contributed by atoms with Gasteiger partial charge in [-0.3, -0.25) is 0 Å². The highest BCUT2D eigenvalue weighted by atomic mass is 19.4. The zero-order chi connectivity index (χ0) is 11.9. The van der Waals surface area contributed by atoms with Crippen LogP contribution in [0.15, 0.2) is 0 Å². The van der Waals surface area contributed by atoms with Gasteiger partial charge in [0.05, 0.1) is 19.1 Å². The van der Waals surface area contributed by atoms with Crippen LogP contribution in [0, 0.1) is 0 Å². The zero-order valence-electron chi connectivity index (χ0n) is 9.48. The first-order valence-corrected chi connectivity index (χ1v) is 5.97. The van der Waals surface area contributed by atoms with E-state index in [1.807, 2.05) is 0 Å². The molecule has 0 atom stereocenters. The fourth-order valence-electron chi connectivity index (χ4n) is 1.88. The molecule has 1 aliphatic carbocycles. The van der Waals surface area contributed by atoms with Crippen molar-refractivity contribution in [2.24, 2.45) is 0 Å². The van der Waals surface area contributed by atoms with Crippen LogP contribution in [0.5, 0.6) is 0 Å². The van der Waals surface area contributed by atoms with Crippen LogP contribution in [0.4, 0.5) is 13.2 Å². The summed E-state index contributed by atoms with van der Waals surface area (Å²) in [6, 6.07) is 0. The van der Waals surface area contributed by atoms with Gasteiger partial charge < -0.3 is 10.1 Å². The van der Waals surface area contributed by atoms with E-state index in [0.717, 1.165) is 12.8 Å². The number of rotatable bonds is 6. The summed E-state index contributed by atoms with van der Waals surface area (Å²) in [5, 5.41) is 2.74. The lowest BCUT2D eigenvalue weighted by Crippen LogP contribution is -2.27. The summed E-state index contributed by atoms with van der Waals surface area (Å²) in [6.07, 6.45) is 1.42. The van der Waals surface area contributed by atoms with E-state index in [2.05, 4.69) is 5.32 Å². The van der Waals surface area contributed by atoms with Crippen molar-refractivity contribution in [3.63, 3.8) is 0 Å². The third-order valence-corrected chi connectivity index (χ3v) is 2.77. The lowest BCUT2D eigenvalue weighted by atomic mass is 9.98. The summed E-state index contributed by atoms with van der Waals surface area (Å²) in [7, 11) is 0. The zero-order valence-corrected chi connectivity index (χ0v) is 9.48. The molecule has 0 aliphatic heterocycles. The molecule has 0 aromatic heterocycles. The molecule has 5 heteroatoms. The standard InChI is InChI=1S/C11H20F3NO/c12-11(13,14)6-7-15-8-9-16-10-4-2-1-3-5-10/h10,15H,1-9H2. The smallest absolute Gasteiger partial charge is 0.377 e. The normalized spacial score (nSPS) is 18.9. The Morgan fingerprint density at radius 1 is 1.06 bits per heavy atom. The van der Waals surface area contributed by atoms with Crippen molar-refractivity contribution >= 4 is 0 Å². The maximum absolute atomic E-state index is 11.8. The van der Waals surface area contributed by atoms with Crippen molar-refractivity contribution in [1.82, 2.24) is 5.32 Å². The minimum Gasteiger partial charge on any atom is -0.377 e. The number of hydrogen-bond acceptors (Lipinski definition) is 2. The number of halogens is 3. The third-order valence-electron chi connectivity index (χ3n) is 2.77. The van der Waals surface area contributed by atoms with Gasteiger partial charge in [-0.15, -0.1) is 0 Å². The van der Waals surface area contributed by atoms with Crippen LogP contribution >= 0.6 is 0 Å².